The highest BCUT2D eigenvalue weighted by molar-refractivity contribution is 5.76. The highest BCUT2D eigenvalue weighted by Gasteiger charge is 2.09. The summed E-state index contributed by atoms with van der Waals surface area (Å²) in [7, 11) is 0. The van der Waals surface area contributed by atoms with E-state index < -0.39 is 5.56 Å². The van der Waals surface area contributed by atoms with Crippen LogP contribution in [0.2, 0.25) is 0 Å². The Morgan fingerprint density at radius 2 is 2.27 bits per heavy atom. The zero-order valence-electron chi connectivity index (χ0n) is 12.2. The van der Waals surface area contributed by atoms with E-state index in [2.05, 4.69) is 15.0 Å². The van der Waals surface area contributed by atoms with Crippen LogP contribution in [-0.4, -0.2) is 19.4 Å². The zero-order chi connectivity index (χ0) is 15.7. The van der Waals surface area contributed by atoms with Crippen LogP contribution in [0.15, 0.2) is 35.4 Å². The summed E-state index contributed by atoms with van der Waals surface area (Å²) in [6.45, 7) is 3.51. The minimum absolute atomic E-state index is 0.0493. The number of H-pyrrole nitrogens is 1. The molecule has 0 bridgehead atoms. The number of aromatic amines is 1. The Morgan fingerprint density at radius 3 is 3.00 bits per heavy atom. The minimum Gasteiger partial charge on any atom is -0.306 e. The first kappa shape index (κ1) is 13.8. The van der Waals surface area contributed by atoms with Crippen molar-refractivity contribution < 1.29 is 0 Å². The topological polar surface area (TPSA) is 86.8 Å². The minimum atomic E-state index is -0.418. The fraction of sp³-hybridized carbons (Fsp3) is 0.125. The number of aromatic nitrogens is 4. The molecule has 3 heterocycles. The Hall–Kier alpha value is -3.20. The molecule has 0 amide bonds. The molecule has 0 aliphatic heterocycles. The highest BCUT2D eigenvalue weighted by atomic mass is 16.1. The number of allylic oxidation sites excluding steroid dienone is 1. The number of imidazole rings is 1. The molecular weight excluding hydrogens is 278 g/mol. The van der Waals surface area contributed by atoms with Gasteiger partial charge in [0.25, 0.3) is 5.56 Å². The monoisotopic (exact) mass is 291 g/mol. The predicted molar refractivity (Wildman–Crippen MR) is 83.0 cm³/mol. The van der Waals surface area contributed by atoms with Crippen LogP contribution >= 0.6 is 0 Å². The lowest BCUT2D eigenvalue weighted by molar-refractivity contribution is 1.01. The number of nitriles is 1. The molecule has 3 aromatic rings. The number of nitrogens with zero attached hydrogens (tertiary/aromatic N) is 4. The van der Waals surface area contributed by atoms with Crippen molar-refractivity contribution in [3.63, 3.8) is 0 Å². The van der Waals surface area contributed by atoms with Crippen molar-refractivity contribution >= 4 is 17.3 Å². The van der Waals surface area contributed by atoms with Crippen molar-refractivity contribution in [1.29, 1.82) is 5.26 Å². The molecule has 3 aromatic heterocycles. The number of nitrogens with one attached hydrogen (secondary N) is 1. The Balaban J connectivity index is 2.11. The number of pyridine rings is 1. The van der Waals surface area contributed by atoms with Gasteiger partial charge in [-0.2, -0.15) is 5.26 Å². The molecule has 6 heteroatoms. The van der Waals surface area contributed by atoms with Crippen LogP contribution in [0.3, 0.4) is 0 Å². The van der Waals surface area contributed by atoms with E-state index in [1.807, 2.05) is 47.9 Å². The van der Waals surface area contributed by atoms with Crippen molar-refractivity contribution in [3.8, 4) is 6.07 Å². The van der Waals surface area contributed by atoms with E-state index in [1.165, 1.54) is 0 Å². The third-order valence-corrected chi connectivity index (χ3v) is 3.41. The second kappa shape index (κ2) is 5.30. The fourth-order valence-corrected chi connectivity index (χ4v) is 2.28. The van der Waals surface area contributed by atoms with E-state index in [4.69, 9.17) is 5.26 Å². The Labute approximate surface area is 126 Å². The number of aryl methyl sites for hydroxylation is 1. The quantitative estimate of drug-likeness (QED) is 0.783. The van der Waals surface area contributed by atoms with Gasteiger partial charge in [-0.15, -0.1) is 0 Å². The average Bonchev–Trinajstić information content (AvgIpc) is 2.96. The van der Waals surface area contributed by atoms with Gasteiger partial charge in [-0.3, -0.25) is 4.79 Å². The lowest BCUT2D eigenvalue weighted by Gasteiger charge is -2.05. The van der Waals surface area contributed by atoms with Gasteiger partial charge in [0.05, 0.1) is 5.69 Å². The molecule has 3 rings (SSSR count). The van der Waals surface area contributed by atoms with Gasteiger partial charge in [0.15, 0.2) is 0 Å². The molecule has 1 N–H and O–H groups in total. The van der Waals surface area contributed by atoms with Crippen LogP contribution in [0.1, 0.15) is 29.7 Å². The van der Waals surface area contributed by atoms with E-state index in [9.17, 15) is 4.79 Å². The fourth-order valence-electron chi connectivity index (χ4n) is 2.28. The predicted octanol–water partition coefficient (Wildman–Crippen LogP) is 2.16. The van der Waals surface area contributed by atoms with Crippen LogP contribution in [0, 0.1) is 18.3 Å². The zero-order valence-corrected chi connectivity index (χ0v) is 12.2. The summed E-state index contributed by atoms with van der Waals surface area (Å²) in [6.07, 6.45) is 5.51. The lowest BCUT2D eigenvalue weighted by Crippen LogP contribution is -2.16. The van der Waals surface area contributed by atoms with Gasteiger partial charge in [0, 0.05) is 18.1 Å². The van der Waals surface area contributed by atoms with E-state index in [1.54, 1.807) is 13.1 Å². The molecule has 0 aliphatic carbocycles. The summed E-state index contributed by atoms with van der Waals surface area (Å²) in [6, 6.07) is 7.65. The molecule has 0 saturated carbocycles. The van der Waals surface area contributed by atoms with Crippen molar-refractivity contribution in [2.45, 2.75) is 13.8 Å². The van der Waals surface area contributed by atoms with Crippen molar-refractivity contribution in [1.82, 2.24) is 19.4 Å². The van der Waals surface area contributed by atoms with Gasteiger partial charge >= 0.3 is 0 Å². The molecule has 22 heavy (non-hydrogen) atoms. The molecule has 6 nitrogen and oxygen atoms in total. The number of hydrogen-bond donors (Lipinski definition) is 1. The number of fused-ring (bicyclic) bond motifs is 1. The second-order valence-electron chi connectivity index (χ2n) is 4.92. The van der Waals surface area contributed by atoms with Crippen LogP contribution in [-0.2, 0) is 0 Å². The van der Waals surface area contributed by atoms with Gasteiger partial charge in [-0.25, -0.2) is 9.97 Å². The lowest BCUT2D eigenvalue weighted by atomic mass is 10.2. The summed E-state index contributed by atoms with van der Waals surface area (Å²) in [5, 5.41) is 8.92. The second-order valence-corrected chi connectivity index (χ2v) is 4.92. The molecule has 0 atom stereocenters. The molecule has 0 aromatic carbocycles. The largest absolute Gasteiger partial charge is 0.306 e. The summed E-state index contributed by atoms with van der Waals surface area (Å²) in [5.41, 5.74) is 2.63. The van der Waals surface area contributed by atoms with Crippen LogP contribution in [0.4, 0.5) is 0 Å². The molecule has 0 saturated heterocycles. The molecule has 0 unspecified atom stereocenters. The molecule has 0 aliphatic rings. The highest BCUT2D eigenvalue weighted by Crippen LogP contribution is 2.15. The summed E-state index contributed by atoms with van der Waals surface area (Å²) < 4.78 is 1.94. The first-order chi connectivity index (χ1) is 10.6. The normalized spacial score (nSPS) is 11.6. The van der Waals surface area contributed by atoms with Crippen LogP contribution in [0.5, 0.6) is 0 Å². The third kappa shape index (κ3) is 2.29. The molecular formula is C16H13N5O. The van der Waals surface area contributed by atoms with E-state index in [0.717, 1.165) is 16.9 Å². The Kier molecular flexibility index (Phi) is 3.31. The molecule has 108 valence electrons. The van der Waals surface area contributed by atoms with Gasteiger partial charge in [-0.05, 0) is 37.6 Å². The van der Waals surface area contributed by atoms with Crippen molar-refractivity contribution in [2.24, 2.45) is 0 Å². The van der Waals surface area contributed by atoms with Gasteiger partial charge in [0.2, 0.25) is 0 Å². The van der Waals surface area contributed by atoms with Crippen LogP contribution in [0.25, 0.3) is 17.3 Å². The summed E-state index contributed by atoms with van der Waals surface area (Å²) in [5.74, 6) is 0.457. The van der Waals surface area contributed by atoms with E-state index >= 15 is 0 Å². The smallest absolute Gasteiger partial charge is 0.269 e. The molecule has 0 fully saturated rings. The van der Waals surface area contributed by atoms with Gasteiger partial charge in [0.1, 0.15) is 23.1 Å². The third-order valence-electron chi connectivity index (χ3n) is 3.41. The van der Waals surface area contributed by atoms with Crippen LogP contribution < -0.4 is 5.56 Å². The van der Waals surface area contributed by atoms with E-state index in [0.29, 0.717) is 11.5 Å². The van der Waals surface area contributed by atoms with Gasteiger partial charge < -0.3 is 9.38 Å². The maximum atomic E-state index is 11.9. The standard InChI is InChI=1S/C16H13N5O/c1-10(15-19-11(2)13(9-17)16(22)20-15)8-12-4-3-5-14-18-6-7-21(12)14/h3-8H,1-2H3,(H,19,20,22)/b10-8+. The number of hydrogen-bond acceptors (Lipinski definition) is 4. The Bertz CT molecular complexity index is 988. The molecule has 0 radical (unpaired) electrons. The summed E-state index contributed by atoms with van der Waals surface area (Å²) >= 11 is 0. The van der Waals surface area contributed by atoms with Crippen molar-refractivity contribution in [3.05, 3.63) is 63.7 Å². The Morgan fingerprint density at radius 1 is 1.45 bits per heavy atom. The molecule has 0 spiro atoms. The van der Waals surface area contributed by atoms with E-state index in [-0.39, 0.29) is 5.56 Å². The first-order valence-corrected chi connectivity index (χ1v) is 6.72. The SMILES string of the molecule is C/C(=C\c1cccc2nccn12)c1nc(C)c(C#N)c(=O)[nH]1. The van der Waals surface area contributed by atoms with Crippen molar-refractivity contribution in [2.75, 3.05) is 0 Å². The number of rotatable bonds is 2. The summed E-state index contributed by atoms with van der Waals surface area (Å²) in [4.78, 5) is 23.0. The average molecular weight is 291 g/mol. The maximum absolute atomic E-state index is 11.9. The van der Waals surface area contributed by atoms with Gasteiger partial charge in [-0.1, -0.05) is 6.07 Å². The maximum Gasteiger partial charge on any atom is 0.269 e. The first-order valence-electron chi connectivity index (χ1n) is 6.72.